The molecule has 1 saturated carbocycles. The Kier molecular flexibility index (Phi) is 6.30. The number of carbonyl (C=O) groups is 1. The van der Waals surface area contributed by atoms with Gasteiger partial charge in [-0.05, 0) is 25.2 Å². The van der Waals surface area contributed by atoms with E-state index >= 15 is 0 Å². The SMILES string of the molecule is CCCC(N)C(=O)N1CCN(CC2CCCCC2)CC1. The van der Waals surface area contributed by atoms with Gasteiger partial charge >= 0.3 is 0 Å². The highest BCUT2D eigenvalue weighted by Crippen LogP contribution is 2.24. The van der Waals surface area contributed by atoms with Crippen LogP contribution >= 0.6 is 0 Å². The molecule has 1 heterocycles. The molecule has 0 bridgehead atoms. The van der Waals surface area contributed by atoms with Crippen molar-refractivity contribution < 1.29 is 4.79 Å². The first-order chi connectivity index (χ1) is 9.70. The zero-order valence-electron chi connectivity index (χ0n) is 13.0. The van der Waals surface area contributed by atoms with E-state index in [-0.39, 0.29) is 11.9 Å². The van der Waals surface area contributed by atoms with E-state index in [0.29, 0.717) is 0 Å². The standard InChI is InChI=1S/C16H31N3O/c1-2-6-15(17)16(20)19-11-9-18(10-12-19)13-14-7-4-3-5-8-14/h14-15H,2-13,17H2,1H3. The highest BCUT2D eigenvalue weighted by Gasteiger charge is 2.26. The van der Waals surface area contributed by atoms with Crippen LogP contribution in [0.5, 0.6) is 0 Å². The van der Waals surface area contributed by atoms with Gasteiger partial charge in [0.1, 0.15) is 0 Å². The zero-order chi connectivity index (χ0) is 14.4. The number of hydrogen-bond donors (Lipinski definition) is 1. The number of piperazine rings is 1. The Morgan fingerprint density at radius 3 is 2.40 bits per heavy atom. The van der Waals surface area contributed by atoms with Crippen molar-refractivity contribution in [2.75, 3.05) is 32.7 Å². The third-order valence-electron chi connectivity index (χ3n) is 4.84. The van der Waals surface area contributed by atoms with Crippen molar-refractivity contribution in [3.63, 3.8) is 0 Å². The molecule has 1 saturated heterocycles. The quantitative estimate of drug-likeness (QED) is 0.836. The lowest BCUT2D eigenvalue weighted by atomic mass is 9.89. The lowest BCUT2D eigenvalue weighted by molar-refractivity contribution is -0.134. The third kappa shape index (κ3) is 4.45. The van der Waals surface area contributed by atoms with Gasteiger partial charge in [-0.3, -0.25) is 9.69 Å². The van der Waals surface area contributed by atoms with Crippen LogP contribution in [0.15, 0.2) is 0 Å². The summed E-state index contributed by atoms with van der Waals surface area (Å²) in [6.07, 6.45) is 8.84. The highest BCUT2D eigenvalue weighted by atomic mass is 16.2. The summed E-state index contributed by atoms with van der Waals surface area (Å²) in [5.74, 6) is 1.05. The Labute approximate surface area is 123 Å². The highest BCUT2D eigenvalue weighted by molar-refractivity contribution is 5.81. The summed E-state index contributed by atoms with van der Waals surface area (Å²) in [6, 6.07) is -0.287. The van der Waals surface area contributed by atoms with Crippen molar-refractivity contribution >= 4 is 5.91 Å². The van der Waals surface area contributed by atoms with Crippen LogP contribution in [-0.2, 0) is 4.79 Å². The molecule has 2 N–H and O–H groups in total. The van der Waals surface area contributed by atoms with E-state index in [0.717, 1.165) is 44.9 Å². The summed E-state index contributed by atoms with van der Waals surface area (Å²) in [7, 11) is 0. The lowest BCUT2D eigenvalue weighted by Crippen LogP contribution is -2.53. The summed E-state index contributed by atoms with van der Waals surface area (Å²) in [4.78, 5) is 16.7. The molecule has 1 unspecified atom stereocenters. The van der Waals surface area contributed by atoms with Gasteiger partial charge in [-0.25, -0.2) is 0 Å². The Balaban J connectivity index is 1.70. The largest absolute Gasteiger partial charge is 0.339 e. The molecule has 0 aromatic heterocycles. The van der Waals surface area contributed by atoms with Crippen molar-refractivity contribution in [3.05, 3.63) is 0 Å². The van der Waals surface area contributed by atoms with Crippen LogP contribution in [0, 0.1) is 5.92 Å². The first kappa shape index (κ1) is 15.8. The minimum Gasteiger partial charge on any atom is -0.339 e. The van der Waals surface area contributed by atoms with Crippen LogP contribution in [0.25, 0.3) is 0 Å². The maximum absolute atomic E-state index is 12.2. The van der Waals surface area contributed by atoms with Gasteiger partial charge in [0.15, 0.2) is 0 Å². The van der Waals surface area contributed by atoms with Crippen LogP contribution in [0.3, 0.4) is 0 Å². The number of nitrogens with two attached hydrogens (primary N) is 1. The molecule has 0 radical (unpaired) electrons. The van der Waals surface area contributed by atoms with Gasteiger partial charge in [0.2, 0.25) is 5.91 Å². The molecule has 4 nitrogen and oxygen atoms in total. The van der Waals surface area contributed by atoms with Gasteiger partial charge < -0.3 is 10.6 Å². The second kappa shape index (κ2) is 7.99. The van der Waals surface area contributed by atoms with E-state index in [1.165, 1.54) is 38.6 Å². The topological polar surface area (TPSA) is 49.6 Å². The minimum absolute atomic E-state index is 0.157. The second-order valence-electron chi connectivity index (χ2n) is 6.53. The Hall–Kier alpha value is -0.610. The number of nitrogens with zero attached hydrogens (tertiary/aromatic N) is 2. The van der Waals surface area contributed by atoms with Crippen LogP contribution in [0.4, 0.5) is 0 Å². The van der Waals surface area contributed by atoms with E-state index in [2.05, 4.69) is 11.8 Å². The molecule has 2 fully saturated rings. The normalized spacial score (nSPS) is 23.8. The molecule has 2 rings (SSSR count). The smallest absolute Gasteiger partial charge is 0.239 e. The summed E-state index contributed by atoms with van der Waals surface area (Å²) in [6.45, 7) is 7.10. The van der Waals surface area contributed by atoms with Crippen molar-refractivity contribution in [3.8, 4) is 0 Å². The minimum atomic E-state index is -0.287. The Morgan fingerprint density at radius 1 is 1.15 bits per heavy atom. The van der Waals surface area contributed by atoms with E-state index in [1.807, 2.05) is 4.90 Å². The van der Waals surface area contributed by atoms with Crippen LogP contribution < -0.4 is 5.73 Å². The Bertz CT molecular complexity index is 294. The fourth-order valence-corrected chi connectivity index (χ4v) is 3.55. The maximum atomic E-state index is 12.2. The average molecular weight is 281 g/mol. The molecular formula is C16H31N3O. The van der Waals surface area contributed by atoms with Crippen molar-refractivity contribution in [2.45, 2.75) is 57.9 Å². The van der Waals surface area contributed by atoms with Crippen LogP contribution in [-0.4, -0.2) is 54.5 Å². The predicted molar refractivity (Wildman–Crippen MR) is 82.5 cm³/mol. The molecule has 4 heteroatoms. The molecule has 1 amide bonds. The number of carbonyl (C=O) groups excluding carboxylic acids is 1. The molecular weight excluding hydrogens is 250 g/mol. The van der Waals surface area contributed by atoms with Crippen LogP contribution in [0.2, 0.25) is 0 Å². The van der Waals surface area contributed by atoms with Crippen LogP contribution in [0.1, 0.15) is 51.9 Å². The summed E-state index contributed by atoms with van der Waals surface area (Å²) < 4.78 is 0. The van der Waals surface area contributed by atoms with Crippen molar-refractivity contribution in [2.24, 2.45) is 11.7 Å². The molecule has 2 aliphatic rings. The average Bonchev–Trinajstić information content (AvgIpc) is 2.48. The van der Waals surface area contributed by atoms with Gasteiger partial charge in [0.05, 0.1) is 6.04 Å². The number of amides is 1. The summed E-state index contributed by atoms with van der Waals surface area (Å²) in [5.41, 5.74) is 5.94. The molecule has 0 aromatic rings. The predicted octanol–water partition coefficient (Wildman–Crippen LogP) is 1.84. The van der Waals surface area contributed by atoms with Gasteiger partial charge in [-0.1, -0.05) is 32.6 Å². The fourth-order valence-electron chi connectivity index (χ4n) is 3.55. The molecule has 1 aliphatic heterocycles. The lowest BCUT2D eigenvalue weighted by Gasteiger charge is -2.38. The summed E-state index contributed by atoms with van der Waals surface area (Å²) in [5, 5.41) is 0. The molecule has 20 heavy (non-hydrogen) atoms. The first-order valence-corrected chi connectivity index (χ1v) is 8.47. The number of rotatable bonds is 5. The zero-order valence-corrected chi connectivity index (χ0v) is 13.0. The second-order valence-corrected chi connectivity index (χ2v) is 6.53. The van der Waals surface area contributed by atoms with E-state index in [9.17, 15) is 4.79 Å². The maximum Gasteiger partial charge on any atom is 0.239 e. The van der Waals surface area contributed by atoms with Gasteiger partial charge in [0, 0.05) is 32.7 Å². The fraction of sp³-hybridized carbons (Fsp3) is 0.938. The van der Waals surface area contributed by atoms with Gasteiger partial charge in [-0.2, -0.15) is 0 Å². The monoisotopic (exact) mass is 281 g/mol. The number of hydrogen-bond acceptors (Lipinski definition) is 3. The summed E-state index contributed by atoms with van der Waals surface area (Å²) >= 11 is 0. The van der Waals surface area contributed by atoms with E-state index < -0.39 is 0 Å². The first-order valence-electron chi connectivity index (χ1n) is 8.47. The molecule has 0 spiro atoms. The molecule has 1 atom stereocenters. The Morgan fingerprint density at radius 2 is 1.80 bits per heavy atom. The molecule has 116 valence electrons. The molecule has 1 aliphatic carbocycles. The van der Waals surface area contributed by atoms with Crippen molar-refractivity contribution in [1.82, 2.24) is 9.80 Å². The van der Waals surface area contributed by atoms with E-state index in [1.54, 1.807) is 0 Å². The van der Waals surface area contributed by atoms with E-state index in [4.69, 9.17) is 5.73 Å². The molecule has 0 aromatic carbocycles. The van der Waals surface area contributed by atoms with Gasteiger partial charge in [-0.15, -0.1) is 0 Å². The van der Waals surface area contributed by atoms with Crippen molar-refractivity contribution in [1.29, 1.82) is 0 Å². The third-order valence-corrected chi connectivity index (χ3v) is 4.84. The van der Waals surface area contributed by atoms with Gasteiger partial charge in [0.25, 0.3) is 0 Å².